The summed E-state index contributed by atoms with van der Waals surface area (Å²) in [7, 11) is 4.68. The molecule has 0 spiro atoms. The Morgan fingerprint density at radius 3 is 2.50 bits per heavy atom. The van der Waals surface area contributed by atoms with E-state index in [2.05, 4.69) is 0 Å². The predicted octanol–water partition coefficient (Wildman–Crippen LogP) is 2.78. The van der Waals surface area contributed by atoms with Gasteiger partial charge in [-0.3, -0.25) is 4.79 Å². The van der Waals surface area contributed by atoms with Crippen LogP contribution in [0.5, 0.6) is 11.5 Å². The number of esters is 1. The number of ether oxygens (including phenoxy) is 3. The molecule has 0 atom stereocenters. The largest absolute Gasteiger partial charge is 0.493 e. The average molecular weight is 356 g/mol. The molecular formula is C17H22ClNO5. The molecule has 6 nitrogen and oxygen atoms in total. The quantitative estimate of drug-likeness (QED) is 0.556. The highest BCUT2D eigenvalue weighted by molar-refractivity contribution is 6.32. The van der Waals surface area contributed by atoms with Gasteiger partial charge >= 0.3 is 5.97 Å². The summed E-state index contributed by atoms with van der Waals surface area (Å²) in [6.07, 6.45) is 2.69. The van der Waals surface area contributed by atoms with Crippen LogP contribution in [0.3, 0.4) is 0 Å². The lowest BCUT2D eigenvalue weighted by Gasteiger charge is -2.15. The molecule has 0 radical (unpaired) electrons. The number of benzene rings is 1. The summed E-state index contributed by atoms with van der Waals surface area (Å²) in [5, 5.41) is 0.374. The van der Waals surface area contributed by atoms with Crippen LogP contribution in [0, 0.1) is 0 Å². The Balaban J connectivity index is 2.82. The fraction of sp³-hybridized carbons (Fsp3) is 0.412. The van der Waals surface area contributed by atoms with Crippen molar-refractivity contribution in [3.8, 4) is 11.5 Å². The first-order valence-corrected chi connectivity index (χ1v) is 7.71. The molecule has 0 saturated carbocycles. The summed E-state index contributed by atoms with van der Waals surface area (Å²) >= 11 is 6.21. The number of methoxy groups -OCH3 is 1. The van der Waals surface area contributed by atoms with Crippen LogP contribution in [0.2, 0.25) is 5.02 Å². The molecule has 1 rings (SSSR count). The van der Waals surface area contributed by atoms with Crippen LogP contribution in [0.15, 0.2) is 18.2 Å². The second-order valence-electron chi connectivity index (χ2n) is 5.43. The number of hydrogen-bond acceptors (Lipinski definition) is 5. The van der Waals surface area contributed by atoms with E-state index >= 15 is 0 Å². The number of likely N-dealkylation sites (N-methyl/N-ethyl adjacent to an activating group) is 1. The zero-order chi connectivity index (χ0) is 18.3. The minimum atomic E-state index is -0.622. The molecule has 132 valence electrons. The van der Waals surface area contributed by atoms with Gasteiger partial charge in [-0.25, -0.2) is 4.79 Å². The van der Waals surface area contributed by atoms with Gasteiger partial charge in [-0.15, -0.1) is 0 Å². The minimum absolute atomic E-state index is 0.0537. The fourth-order valence-electron chi connectivity index (χ4n) is 1.66. The monoisotopic (exact) mass is 355 g/mol. The predicted molar refractivity (Wildman–Crippen MR) is 92.5 cm³/mol. The zero-order valence-corrected chi connectivity index (χ0v) is 15.2. The standard InChI is InChI=1S/C17H22ClNO5/c1-11(2)24-17-13(18)8-12(9-14(17)22-5)6-7-16(21)23-10-15(20)19(3)4/h6-9,11H,10H2,1-5H3/b7-6+. The first-order valence-electron chi connectivity index (χ1n) is 7.33. The first kappa shape index (κ1) is 19.8. The second kappa shape index (κ2) is 9.17. The smallest absolute Gasteiger partial charge is 0.331 e. The van der Waals surface area contributed by atoms with Crippen molar-refractivity contribution in [3.63, 3.8) is 0 Å². The maximum Gasteiger partial charge on any atom is 0.331 e. The summed E-state index contributed by atoms with van der Waals surface area (Å²) in [6.45, 7) is 3.46. The van der Waals surface area contributed by atoms with Crippen molar-refractivity contribution >= 4 is 29.6 Å². The van der Waals surface area contributed by atoms with Crippen LogP contribution in [0.1, 0.15) is 19.4 Å². The average Bonchev–Trinajstić information content (AvgIpc) is 2.51. The summed E-state index contributed by atoms with van der Waals surface area (Å²) < 4.78 is 15.7. The van der Waals surface area contributed by atoms with Gasteiger partial charge in [0.2, 0.25) is 0 Å². The third-order valence-corrected chi connectivity index (χ3v) is 3.13. The molecule has 24 heavy (non-hydrogen) atoms. The Kier molecular flexibility index (Phi) is 7.58. The van der Waals surface area contributed by atoms with E-state index in [1.165, 1.54) is 24.2 Å². The van der Waals surface area contributed by atoms with E-state index < -0.39 is 5.97 Å². The molecule has 0 saturated heterocycles. The molecule has 0 heterocycles. The van der Waals surface area contributed by atoms with Gasteiger partial charge in [0.15, 0.2) is 18.1 Å². The maximum absolute atomic E-state index is 11.6. The van der Waals surface area contributed by atoms with Crippen molar-refractivity contribution in [2.24, 2.45) is 0 Å². The zero-order valence-electron chi connectivity index (χ0n) is 14.5. The normalized spacial score (nSPS) is 10.8. The molecule has 0 aliphatic carbocycles. The molecule has 0 unspecified atom stereocenters. The Bertz CT molecular complexity index is 626. The number of nitrogens with zero attached hydrogens (tertiary/aromatic N) is 1. The van der Waals surface area contributed by atoms with Crippen molar-refractivity contribution in [2.45, 2.75) is 20.0 Å². The number of rotatable bonds is 7. The molecule has 0 fully saturated rings. The minimum Gasteiger partial charge on any atom is -0.493 e. The van der Waals surface area contributed by atoms with Crippen molar-refractivity contribution in [1.82, 2.24) is 4.90 Å². The van der Waals surface area contributed by atoms with Gasteiger partial charge in [0.1, 0.15) is 0 Å². The lowest BCUT2D eigenvalue weighted by atomic mass is 10.2. The third-order valence-electron chi connectivity index (χ3n) is 2.85. The first-order chi connectivity index (χ1) is 11.2. The number of carbonyl (C=O) groups excluding carboxylic acids is 2. The van der Waals surface area contributed by atoms with Gasteiger partial charge < -0.3 is 19.1 Å². The molecule has 0 aliphatic rings. The van der Waals surface area contributed by atoms with Gasteiger partial charge in [0.25, 0.3) is 5.91 Å². The van der Waals surface area contributed by atoms with E-state index in [1.54, 1.807) is 26.2 Å². The van der Waals surface area contributed by atoms with Crippen LogP contribution in [-0.2, 0) is 14.3 Å². The Morgan fingerprint density at radius 2 is 1.96 bits per heavy atom. The number of carbonyl (C=O) groups is 2. The maximum atomic E-state index is 11.6. The number of hydrogen-bond donors (Lipinski definition) is 0. The lowest BCUT2D eigenvalue weighted by Crippen LogP contribution is -2.27. The molecule has 1 aromatic carbocycles. The highest BCUT2D eigenvalue weighted by Crippen LogP contribution is 2.37. The van der Waals surface area contributed by atoms with Gasteiger partial charge in [0.05, 0.1) is 18.2 Å². The van der Waals surface area contributed by atoms with Crippen molar-refractivity contribution in [3.05, 3.63) is 28.8 Å². The summed E-state index contributed by atoms with van der Waals surface area (Å²) in [5.41, 5.74) is 0.642. The summed E-state index contributed by atoms with van der Waals surface area (Å²) in [6, 6.07) is 3.34. The van der Waals surface area contributed by atoms with Crippen LogP contribution in [0.4, 0.5) is 0 Å². The van der Waals surface area contributed by atoms with E-state index in [0.29, 0.717) is 22.1 Å². The van der Waals surface area contributed by atoms with E-state index in [1.807, 2.05) is 13.8 Å². The van der Waals surface area contributed by atoms with E-state index in [9.17, 15) is 9.59 Å². The molecule has 0 aromatic heterocycles. The Morgan fingerprint density at radius 1 is 1.29 bits per heavy atom. The number of amides is 1. The van der Waals surface area contributed by atoms with E-state index in [0.717, 1.165) is 0 Å². The highest BCUT2D eigenvalue weighted by atomic mass is 35.5. The number of halogens is 1. The van der Waals surface area contributed by atoms with Crippen LogP contribution in [-0.4, -0.2) is 50.7 Å². The van der Waals surface area contributed by atoms with Crippen molar-refractivity contribution in [2.75, 3.05) is 27.8 Å². The van der Waals surface area contributed by atoms with Crippen LogP contribution < -0.4 is 9.47 Å². The third kappa shape index (κ3) is 6.12. The van der Waals surface area contributed by atoms with Crippen LogP contribution >= 0.6 is 11.6 Å². The Hall–Kier alpha value is -2.21. The molecule has 0 aliphatic heterocycles. The molecule has 0 N–H and O–H groups in total. The van der Waals surface area contributed by atoms with Gasteiger partial charge in [-0.1, -0.05) is 11.6 Å². The summed E-state index contributed by atoms with van der Waals surface area (Å²) in [4.78, 5) is 24.3. The fourth-order valence-corrected chi connectivity index (χ4v) is 1.92. The second-order valence-corrected chi connectivity index (χ2v) is 5.84. The van der Waals surface area contributed by atoms with Crippen molar-refractivity contribution < 1.29 is 23.8 Å². The van der Waals surface area contributed by atoms with Gasteiger partial charge in [-0.05, 0) is 37.6 Å². The molecule has 1 amide bonds. The molecule has 0 bridgehead atoms. The van der Waals surface area contributed by atoms with Gasteiger partial charge in [0, 0.05) is 20.2 Å². The SMILES string of the molecule is COc1cc(/C=C/C(=O)OCC(=O)N(C)C)cc(Cl)c1OC(C)C. The molecule has 1 aromatic rings. The highest BCUT2D eigenvalue weighted by Gasteiger charge is 2.13. The van der Waals surface area contributed by atoms with E-state index in [4.69, 9.17) is 25.8 Å². The topological polar surface area (TPSA) is 65.1 Å². The Labute approximate surface area is 146 Å². The molecule has 7 heteroatoms. The summed E-state index contributed by atoms with van der Waals surface area (Å²) in [5.74, 6) is -0.00285. The van der Waals surface area contributed by atoms with Crippen molar-refractivity contribution in [1.29, 1.82) is 0 Å². The molecular weight excluding hydrogens is 334 g/mol. The van der Waals surface area contributed by atoms with Crippen LogP contribution in [0.25, 0.3) is 6.08 Å². The van der Waals surface area contributed by atoms with Gasteiger partial charge in [-0.2, -0.15) is 0 Å². The lowest BCUT2D eigenvalue weighted by molar-refractivity contribution is -0.146. The van der Waals surface area contributed by atoms with E-state index in [-0.39, 0.29) is 18.6 Å².